The van der Waals surface area contributed by atoms with E-state index in [0.717, 1.165) is 18.2 Å². The van der Waals surface area contributed by atoms with Gasteiger partial charge in [0, 0.05) is 18.3 Å². The summed E-state index contributed by atoms with van der Waals surface area (Å²) in [6.45, 7) is 5.34. The highest BCUT2D eigenvalue weighted by atomic mass is 15.0. The molecule has 1 heterocycles. The molecule has 15 heavy (non-hydrogen) atoms. The lowest BCUT2D eigenvalue weighted by molar-refractivity contribution is 0.278. The van der Waals surface area contributed by atoms with Crippen LogP contribution in [0.1, 0.15) is 44.0 Å². The van der Waals surface area contributed by atoms with Crippen molar-refractivity contribution in [2.75, 3.05) is 0 Å². The van der Waals surface area contributed by atoms with E-state index in [-0.39, 0.29) is 0 Å². The minimum Gasteiger partial charge on any atom is -0.348 e. The van der Waals surface area contributed by atoms with Crippen molar-refractivity contribution in [3.8, 4) is 0 Å². The van der Waals surface area contributed by atoms with E-state index in [0.29, 0.717) is 6.04 Å². The van der Waals surface area contributed by atoms with Crippen LogP contribution in [0.5, 0.6) is 0 Å². The zero-order valence-corrected chi connectivity index (χ0v) is 9.71. The van der Waals surface area contributed by atoms with Crippen molar-refractivity contribution in [2.24, 2.45) is 5.92 Å². The molecule has 0 aromatic carbocycles. The summed E-state index contributed by atoms with van der Waals surface area (Å²) in [7, 11) is 0. The Morgan fingerprint density at radius 2 is 2.27 bits per heavy atom. The van der Waals surface area contributed by atoms with E-state index in [1.807, 2.05) is 0 Å². The molecule has 2 N–H and O–H groups in total. The van der Waals surface area contributed by atoms with Crippen molar-refractivity contribution >= 4 is 0 Å². The van der Waals surface area contributed by atoms with Crippen LogP contribution in [0.15, 0.2) is 6.33 Å². The van der Waals surface area contributed by atoms with Gasteiger partial charge < -0.3 is 10.3 Å². The van der Waals surface area contributed by atoms with Gasteiger partial charge >= 0.3 is 0 Å². The van der Waals surface area contributed by atoms with Gasteiger partial charge in [-0.05, 0) is 25.7 Å². The van der Waals surface area contributed by atoms with Gasteiger partial charge in [0.05, 0.1) is 12.0 Å². The number of H-pyrrole nitrogens is 1. The second-order valence-corrected chi connectivity index (χ2v) is 4.72. The van der Waals surface area contributed by atoms with Gasteiger partial charge in [0.1, 0.15) is 0 Å². The van der Waals surface area contributed by atoms with Gasteiger partial charge in [-0.3, -0.25) is 0 Å². The molecule has 2 unspecified atom stereocenters. The largest absolute Gasteiger partial charge is 0.348 e. The maximum atomic E-state index is 4.31. The quantitative estimate of drug-likeness (QED) is 0.799. The van der Waals surface area contributed by atoms with Gasteiger partial charge in [-0.15, -0.1) is 0 Å². The minimum atomic E-state index is 0.690. The molecular formula is C12H21N3. The highest BCUT2D eigenvalue weighted by molar-refractivity contribution is 5.08. The third-order valence-electron chi connectivity index (χ3n) is 3.58. The monoisotopic (exact) mass is 207 g/mol. The van der Waals surface area contributed by atoms with E-state index in [1.54, 1.807) is 6.33 Å². The molecule has 1 aliphatic carbocycles. The number of aryl methyl sites for hydroxylation is 1. The second-order valence-electron chi connectivity index (χ2n) is 4.72. The first-order valence-corrected chi connectivity index (χ1v) is 5.99. The summed E-state index contributed by atoms with van der Waals surface area (Å²) >= 11 is 0. The number of aromatic amines is 1. The number of hydrogen-bond donors (Lipinski definition) is 2. The van der Waals surface area contributed by atoms with Crippen LogP contribution in [0.4, 0.5) is 0 Å². The van der Waals surface area contributed by atoms with Crippen LogP contribution in [0.25, 0.3) is 0 Å². The van der Waals surface area contributed by atoms with E-state index < -0.39 is 0 Å². The summed E-state index contributed by atoms with van der Waals surface area (Å²) in [5.41, 5.74) is 2.35. The van der Waals surface area contributed by atoms with E-state index in [9.17, 15) is 0 Å². The van der Waals surface area contributed by atoms with E-state index in [4.69, 9.17) is 0 Å². The molecule has 3 nitrogen and oxygen atoms in total. The third-order valence-corrected chi connectivity index (χ3v) is 3.58. The van der Waals surface area contributed by atoms with Crippen LogP contribution in [0.2, 0.25) is 0 Å². The van der Waals surface area contributed by atoms with Crippen LogP contribution in [-0.2, 0) is 6.54 Å². The summed E-state index contributed by atoms with van der Waals surface area (Å²) in [6, 6.07) is 0.690. The number of nitrogens with one attached hydrogen (secondary N) is 2. The Labute approximate surface area is 91.7 Å². The highest BCUT2D eigenvalue weighted by Crippen LogP contribution is 2.23. The summed E-state index contributed by atoms with van der Waals surface area (Å²) in [5.74, 6) is 0.818. The molecule has 2 atom stereocenters. The zero-order valence-electron chi connectivity index (χ0n) is 9.71. The maximum absolute atomic E-state index is 4.31. The first kappa shape index (κ1) is 10.7. The number of hydrogen-bond acceptors (Lipinski definition) is 2. The average Bonchev–Trinajstić information content (AvgIpc) is 2.63. The number of nitrogens with zero attached hydrogens (tertiary/aromatic N) is 1. The van der Waals surface area contributed by atoms with Crippen LogP contribution >= 0.6 is 0 Å². The summed E-state index contributed by atoms with van der Waals surface area (Å²) < 4.78 is 0. The fraction of sp³-hybridized carbons (Fsp3) is 0.750. The first-order valence-electron chi connectivity index (χ1n) is 5.99. The van der Waals surface area contributed by atoms with Crippen LogP contribution in [0, 0.1) is 12.8 Å². The van der Waals surface area contributed by atoms with Crippen molar-refractivity contribution < 1.29 is 0 Å². The SMILES string of the molecule is Cc1[nH]cnc1CNC1CCCCC1C. The predicted molar refractivity (Wildman–Crippen MR) is 61.6 cm³/mol. The summed E-state index contributed by atoms with van der Waals surface area (Å²) in [5, 5.41) is 3.63. The summed E-state index contributed by atoms with van der Waals surface area (Å²) in [4.78, 5) is 7.42. The minimum absolute atomic E-state index is 0.690. The molecule has 1 fully saturated rings. The van der Waals surface area contributed by atoms with E-state index in [1.165, 1.54) is 31.4 Å². The molecule has 1 aliphatic rings. The molecule has 0 radical (unpaired) electrons. The number of aromatic nitrogens is 2. The third kappa shape index (κ3) is 2.59. The van der Waals surface area contributed by atoms with Crippen molar-refractivity contribution in [3.05, 3.63) is 17.7 Å². The smallest absolute Gasteiger partial charge is 0.0925 e. The van der Waals surface area contributed by atoms with Gasteiger partial charge in [-0.2, -0.15) is 0 Å². The Hall–Kier alpha value is -0.830. The Kier molecular flexibility index (Phi) is 3.41. The fourth-order valence-electron chi connectivity index (χ4n) is 2.41. The molecule has 1 aromatic rings. The topological polar surface area (TPSA) is 40.7 Å². The van der Waals surface area contributed by atoms with Gasteiger partial charge in [-0.25, -0.2) is 4.98 Å². The molecular weight excluding hydrogens is 186 g/mol. The highest BCUT2D eigenvalue weighted by Gasteiger charge is 2.20. The zero-order chi connectivity index (χ0) is 10.7. The van der Waals surface area contributed by atoms with E-state index >= 15 is 0 Å². The molecule has 0 saturated heterocycles. The fourth-order valence-corrected chi connectivity index (χ4v) is 2.41. The molecule has 2 rings (SSSR count). The first-order chi connectivity index (χ1) is 7.27. The van der Waals surface area contributed by atoms with Crippen molar-refractivity contribution in [2.45, 2.75) is 52.1 Å². The second kappa shape index (κ2) is 4.79. The Bertz CT molecular complexity index is 306. The molecule has 1 saturated carbocycles. The van der Waals surface area contributed by atoms with Crippen LogP contribution in [-0.4, -0.2) is 16.0 Å². The molecule has 0 bridgehead atoms. The average molecular weight is 207 g/mol. The number of rotatable bonds is 3. The lowest BCUT2D eigenvalue weighted by atomic mass is 9.86. The van der Waals surface area contributed by atoms with Crippen molar-refractivity contribution in [1.29, 1.82) is 0 Å². The Morgan fingerprint density at radius 3 is 2.93 bits per heavy atom. The molecule has 0 aliphatic heterocycles. The molecule has 0 amide bonds. The van der Waals surface area contributed by atoms with Crippen molar-refractivity contribution in [1.82, 2.24) is 15.3 Å². The number of imidazole rings is 1. The summed E-state index contributed by atoms with van der Waals surface area (Å²) in [6.07, 6.45) is 7.25. The van der Waals surface area contributed by atoms with Gasteiger partial charge in [0.25, 0.3) is 0 Å². The Morgan fingerprint density at radius 1 is 1.47 bits per heavy atom. The standard InChI is InChI=1S/C12H21N3/c1-9-5-3-4-6-11(9)13-7-12-10(2)14-8-15-12/h8-9,11,13H,3-7H2,1-2H3,(H,14,15). The molecule has 3 heteroatoms. The maximum Gasteiger partial charge on any atom is 0.0925 e. The van der Waals surface area contributed by atoms with Crippen LogP contribution in [0.3, 0.4) is 0 Å². The van der Waals surface area contributed by atoms with Crippen molar-refractivity contribution in [3.63, 3.8) is 0 Å². The van der Waals surface area contributed by atoms with Crippen LogP contribution < -0.4 is 5.32 Å². The predicted octanol–water partition coefficient (Wildman–Crippen LogP) is 2.39. The normalized spacial score (nSPS) is 26.8. The molecule has 0 spiro atoms. The van der Waals surface area contributed by atoms with Gasteiger partial charge in [-0.1, -0.05) is 19.8 Å². The Balaban J connectivity index is 1.84. The van der Waals surface area contributed by atoms with E-state index in [2.05, 4.69) is 29.1 Å². The molecule has 1 aromatic heterocycles. The van der Waals surface area contributed by atoms with Gasteiger partial charge in [0.15, 0.2) is 0 Å². The lowest BCUT2D eigenvalue weighted by Gasteiger charge is -2.29. The lowest BCUT2D eigenvalue weighted by Crippen LogP contribution is -2.36. The van der Waals surface area contributed by atoms with Gasteiger partial charge in [0.2, 0.25) is 0 Å². The molecule has 84 valence electrons.